The third-order valence-electron chi connectivity index (χ3n) is 2.28. The number of aliphatic carboxylic acids is 1. The molecule has 0 radical (unpaired) electrons. The van der Waals surface area contributed by atoms with Gasteiger partial charge in [0.05, 0.1) is 6.42 Å². The van der Waals surface area contributed by atoms with Crippen LogP contribution in [-0.2, 0) is 4.79 Å². The summed E-state index contributed by atoms with van der Waals surface area (Å²) >= 11 is 0. The fourth-order valence-corrected chi connectivity index (χ4v) is 1.47. The van der Waals surface area contributed by atoms with Gasteiger partial charge in [-0.25, -0.2) is 0 Å². The predicted molar refractivity (Wildman–Crippen MR) is 57.1 cm³/mol. The second kappa shape index (κ2) is 6.15. The first-order chi connectivity index (χ1) is 8.02. The van der Waals surface area contributed by atoms with Gasteiger partial charge in [0.1, 0.15) is 5.75 Å². The van der Waals surface area contributed by atoms with Crippen molar-refractivity contribution in [1.29, 1.82) is 0 Å². The van der Waals surface area contributed by atoms with E-state index in [1.165, 1.54) is 24.3 Å². The van der Waals surface area contributed by atoms with E-state index < -0.39 is 12.6 Å². The molecule has 1 aromatic rings. The highest BCUT2D eigenvalue weighted by atomic mass is 19.3. The van der Waals surface area contributed by atoms with Gasteiger partial charge < -0.3 is 15.6 Å². The average Bonchev–Trinajstić information content (AvgIpc) is 2.26. The minimum atomic E-state index is -2.87. The van der Waals surface area contributed by atoms with E-state index in [4.69, 9.17) is 10.8 Å². The molecule has 0 saturated carbocycles. The summed E-state index contributed by atoms with van der Waals surface area (Å²) in [4.78, 5) is 10.6. The van der Waals surface area contributed by atoms with E-state index in [2.05, 4.69) is 4.74 Å². The molecule has 3 N–H and O–H groups in total. The van der Waals surface area contributed by atoms with Crippen molar-refractivity contribution in [3.05, 3.63) is 29.8 Å². The lowest BCUT2D eigenvalue weighted by molar-refractivity contribution is -0.137. The maximum absolute atomic E-state index is 11.9. The summed E-state index contributed by atoms with van der Waals surface area (Å²) in [7, 11) is 0. The zero-order chi connectivity index (χ0) is 12.8. The molecule has 4 nitrogen and oxygen atoms in total. The summed E-state index contributed by atoms with van der Waals surface area (Å²) in [5.74, 6) is -1.24. The smallest absolute Gasteiger partial charge is 0.387 e. The van der Waals surface area contributed by atoms with Gasteiger partial charge in [0.15, 0.2) is 0 Å². The summed E-state index contributed by atoms with van der Waals surface area (Å²) in [6.07, 6.45) is -0.0917. The van der Waals surface area contributed by atoms with Crippen LogP contribution in [-0.4, -0.2) is 24.2 Å². The molecule has 0 aromatic heterocycles. The summed E-state index contributed by atoms with van der Waals surface area (Å²) in [6.45, 7) is -2.69. The maximum atomic E-state index is 11.9. The van der Waals surface area contributed by atoms with E-state index in [1.54, 1.807) is 0 Å². The van der Waals surface area contributed by atoms with E-state index in [0.29, 0.717) is 5.56 Å². The molecule has 1 aromatic carbocycles. The summed E-state index contributed by atoms with van der Waals surface area (Å²) in [5, 5.41) is 8.67. The Morgan fingerprint density at radius 2 is 1.94 bits per heavy atom. The molecule has 1 rings (SSSR count). The Bertz CT molecular complexity index is 367. The highest BCUT2D eigenvalue weighted by molar-refractivity contribution is 5.68. The molecule has 6 heteroatoms. The molecule has 0 heterocycles. The van der Waals surface area contributed by atoms with Crippen LogP contribution in [0.4, 0.5) is 8.78 Å². The summed E-state index contributed by atoms with van der Waals surface area (Å²) in [6, 6.07) is 5.81. The molecule has 0 saturated heterocycles. The van der Waals surface area contributed by atoms with Crippen molar-refractivity contribution in [2.45, 2.75) is 19.0 Å². The molecule has 0 aliphatic rings. The lowest BCUT2D eigenvalue weighted by Crippen LogP contribution is -2.16. The quantitative estimate of drug-likeness (QED) is 0.801. The van der Waals surface area contributed by atoms with Crippen molar-refractivity contribution in [2.24, 2.45) is 5.73 Å². The molecule has 1 atom stereocenters. The zero-order valence-corrected chi connectivity index (χ0v) is 8.98. The Morgan fingerprint density at radius 1 is 1.35 bits per heavy atom. The standard InChI is InChI=1S/C11H13F2NO3/c12-11(13)17-9-3-1-7(2-4-9)8(6-14)5-10(15)16/h1-4,8,11H,5-6,14H2,(H,15,16). The number of hydrogen-bond donors (Lipinski definition) is 2. The van der Waals surface area contributed by atoms with Crippen molar-refractivity contribution < 1.29 is 23.4 Å². The number of rotatable bonds is 6. The Balaban J connectivity index is 2.74. The van der Waals surface area contributed by atoms with Gasteiger partial charge >= 0.3 is 12.6 Å². The van der Waals surface area contributed by atoms with E-state index in [1.807, 2.05) is 0 Å². The number of halogens is 2. The van der Waals surface area contributed by atoms with E-state index in [-0.39, 0.29) is 24.6 Å². The summed E-state index contributed by atoms with van der Waals surface area (Å²) in [5.41, 5.74) is 6.15. The van der Waals surface area contributed by atoms with Gasteiger partial charge in [-0.05, 0) is 24.2 Å². The minimum absolute atomic E-state index is 0.0369. The molecule has 0 amide bonds. The van der Waals surface area contributed by atoms with Crippen LogP contribution in [0.25, 0.3) is 0 Å². The highest BCUT2D eigenvalue weighted by Crippen LogP contribution is 2.22. The van der Waals surface area contributed by atoms with Crippen molar-refractivity contribution in [3.8, 4) is 5.75 Å². The Morgan fingerprint density at radius 3 is 2.35 bits per heavy atom. The van der Waals surface area contributed by atoms with Crippen LogP contribution in [0.3, 0.4) is 0 Å². The van der Waals surface area contributed by atoms with Gasteiger partial charge in [0.2, 0.25) is 0 Å². The van der Waals surface area contributed by atoms with Crippen LogP contribution in [0, 0.1) is 0 Å². The maximum Gasteiger partial charge on any atom is 0.387 e. The number of carboxylic acid groups (broad SMARTS) is 1. The molecule has 0 spiro atoms. The largest absolute Gasteiger partial charge is 0.481 e. The fraction of sp³-hybridized carbons (Fsp3) is 0.364. The van der Waals surface area contributed by atoms with E-state index in [9.17, 15) is 13.6 Å². The number of carbonyl (C=O) groups is 1. The lowest BCUT2D eigenvalue weighted by atomic mass is 9.96. The molecule has 0 bridgehead atoms. The third-order valence-corrected chi connectivity index (χ3v) is 2.28. The SMILES string of the molecule is NCC(CC(=O)O)c1ccc(OC(F)F)cc1. The fourth-order valence-electron chi connectivity index (χ4n) is 1.47. The monoisotopic (exact) mass is 245 g/mol. The molecule has 94 valence electrons. The van der Waals surface area contributed by atoms with Crippen LogP contribution in [0.5, 0.6) is 5.75 Å². The van der Waals surface area contributed by atoms with E-state index >= 15 is 0 Å². The van der Waals surface area contributed by atoms with Gasteiger partial charge in [-0.15, -0.1) is 0 Å². The molecule has 0 aliphatic heterocycles. The number of benzene rings is 1. The number of carboxylic acids is 1. The Labute approximate surface area is 97.0 Å². The van der Waals surface area contributed by atoms with E-state index in [0.717, 1.165) is 0 Å². The highest BCUT2D eigenvalue weighted by Gasteiger charge is 2.14. The number of hydrogen-bond acceptors (Lipinski definition) is 3. The first-order valence-corrected chi connectivity index (χ1v) is 4.99. The van der Waals surface area contributed by atoms with Crippen molar-refractivity contribution >= 4 is 5.97 Å². The Hall–Kier alpha value is -1.69. The number of nitrogens with two attached hydrogens (primary N) is 1. The molecular formula is C11H13F2NO3. The van der Waals surface area contributed by atoms with Crippen LogP contribution in [0.2, 0.25) is 0 Å². The van der Waals surface area contributed by atoms with Gasteiger partial charge in [0.25, 0.3) is 0 Å². The van der Waals surface area contributed by atoms with Crippen molar-refractivity contribution in [3.63, 3.8) is 0 Å². The minimum Gasteiger partial charge on any atom is -0.481 e. The van der Waals surface area contributed by atoms with Crippen LogP contribution in [0.15, 0.2) is 24.3 Å². The second-order valence-electron chi connectivity index (χ2n) is 3.48. The molecule has 17 heavy (non-hydrogen) atoms. The average molecular weight is 245 g/mol. The zero-order valence-electron chi connectivity index (χ0n) is 8.98. The molecule has 1 unspecified atom stereocenters. The van der Waals surface area contributed by atoms with Crippen LogP contribution >= 0.6 is 0 Å². The van der Waals surface area contributed by atoms with Crippen LogP contribution < -0.4 is 10.5 Å². The molecule has 0 aliphatic carbocycles. The van der Waals surface area contributed by atoms with Gasteiger partial charge in [-0.1, -0.05) is 12.1 Å². The first kappa shape index (κ1) is 13.4. The normalized spacial score (nSPS) is 12.5. The van der Waals surface area contributed by atoms with Gasteiger partial charge in [-0.3, -0.25) is 4.79 Å². The first-order valence-electron chi connectivity index (χ1n) is 4.99. The second-order valence-corrected chi connectivity index (χ2v) is 3.48. The Kier molecular flexibility index (Phi) is 4.84. The van der Waals surface area contributed by atoms with Crippen LogP contribution in [0.1, 0.15) is 17.9 Å². The predicted octanol–water partition coefficient (Wildman–Crippen LogP) is 1.80. The molecule has 0 fully saturated rings. The van der Waals surface area contributed by atoms with Crippen molar-refractivity contribution in [1.82, 2.24) is 0 Å². The van der Waals surface area contributed by atoms with Crippen molar-refractivity contribution in [2.75, 3.05) is 6.54 Å². The topological polar surface area (TPSA) is 72.6 Å². The summed E-state index contributed by atoms with van der Waals surface area (Å²) < 4.78 is 28.0. The lowest BCUT2D eigenvalue weighted by Gasteiger charge is -2.13. The molecular weight excluding hydrogens is 232 g/mol. The van der Waals surface area contributed by atoms with Gasteiger partial charge in [0, 0.05) is 5.92 Å². The van der Waals surface area contributed by atoms with Gasteiger partial charge in [-0.2, -0.15) is 8.78 Å². The number of alkyl halides is 2. The number of ether oxygens (including phenoxy) is 1. The third kappa shape index (κ3) is 4.36.